The maximum atomic E-state index is 8.73. The standard InChI is InChI=1S/C16H17N3/c17-10-3-11-19(15-8-9-15)12-14-7-6-13-4-1-2-5-16(13)18-14/h1-2,4-7,15H,3,8-9,11-12H2. The fraction of sp³-hybridized carbons (Fsp3) is 0.375. The van der Waals surface area contributed by atoms with Crippen LogP contribution in [-0.4, -0.2) is 22.5 Å². The molecule has 1 aromatic carbocycles. The first-order valence-corrected chi connectivity index (χ1v) is 6.82. The summed E-state index contributed by atoms with van der Waals surface area (Å²) in [5.41, 5.74) is 2.15. The Balaban J connectivity index is 1.77. The second-order valence-corrected chi connectivity index (χ2v) is 5.11. The fourth-order valence-electron chi connectivity index (χ4n) is 2.43. The van der Waals surface area contributed by atoms with Gasteiger partial charge in [0.2, 0.25) is 0 Å². The van der Waals surface area contributed by atoms with Gasteiger partial charge < -0.3 is 0 Å². The molecule has 1 saturated carbocycles. The molecule has 1 aromatic heterocycles. The summed E-state index contributed by atoms with van der Waals surface area (Å²) >= 11 is 0. The zero-order valence-corrected chi connectivity index (χ0v) is 10.9. The summed E-state index contributed by atoms with van der Waals surface area (Å²) in [6.45, 7) is 1.72. The molecule has 0 unspecified atom stereocenters. The lowest BCUT2D eigenvalue weighted by molar-refractivity contribution is 0.258. The molecule has 2 aromatic rings. The number of hydrogen-bond acceptors (Lipinski definition) is 3. The molecular weight excluding hydrogens is 234 g/mol. The Morgan fingerprint density at radius 2 is 2.05 bits per heavy atom. The third-order valence-corrected chi connectivity index (χ3v) is 3.60. The summed E-state index contributed by atoms with van der Waals surface area (Å²) in [5.74, 6) is 0. The molecule has 1 aliphatic carbocycles. The first kappa shape index (κ1) is 12.1. The zero-order valence-electron chi connectivity index (χ0n) is 10.9. The first-order valence-electron chi connectivity index (χ1n) is 6.82. The largest absolute Gasteiger partial charge is 0.294 e. The lowest BCUT2D eigenvalue weighted by atomic mass is 10.2. The number of rotatable bonds is 5. The molecule has 0 saturated heterocycles. The van der Waals surface area contributed by atoms with Gasteiger partial charge in [-0.05, 0) is 25.0 Å². The molecule has 19 heavy (non-hydrogen) atoms. The third kappa shape index (κ3) is 2.91. The van der Waals surface area contributed by atoms with Crippen molar-refractivity contribution in [2.75, 3.05) is 6.54 Å². The SMILES string of the molecule is N#CCCN(Cc1ccc2ccccc2n1)C1CC1. The number of aromatic nitrogens is 1. The molecule has 0 aliphatic heterocycles. The molecule has 3 nitrogen and oxygen atoms in total. The summed E-state index contributed by atoms with van der Waals surface area (Å²) < 4.78 is 0. The molecule has 1 fully saturated rings. The van der Waals surface area contributed by atoms with Crippen molar-refractivity contribution in [1.29, 1.82) is 5.26 Å². The Bertz CT molecular complexity index is 611. The maximum Gasteiger partial charge on any atom is 0.0705 e. The lowest BCUT2D eigenvalue weighted by Gasteiger charge is -2.20. The van der Waals surface area contributed by atoms with E-state index in [2.05, 4.69) is 35.2 Å². The van der Waals surface area contributed by atoms with Crippen molar-refractivity contribution in [2.45, 2.75) is 31.8 Å². The second-order valence-electron chi connectivity index (χ2n) is 5.11. The van der Waals surface area contributed by atoms with Gasteiger partial charge >= 0.3 is 0 Å². The highest BCUT2D eigenvalue weighted by Crippen LogP contribution is 2.28. The maximum absolute atomic E-state index is 8.73. The van der Waals surface area contributed by atoms with E-state index in [9.17, 15) is 0 Å². The molecule has 0 N–H and O–H groups in total. The van der Waals surface area contributed by atoms with Crippen molar-refractivity contribution < 1.29 is 0 Å². The average molecular weight is 251 g/mol. The topological polar surface area (TPSA) is 39.9 Å². The summed E-state index contributed by atoms with van der Waals surface area (Å²) in [5, 5.41) is 9.91. The van der Waals surface area contributed by atoms with E-state index in [0.717, 1.165) is 24.3 Å². The smallest absolute Gasteiger partial charge is 0.0705 e. The molecule has 1 heterocycles. The minimum absolute atomic E-state index is 0.601. The molecule has 0 amide bonds. The minimum atomic E-state index is 0.601. The Kier molecular flexibility index (Phi) is 3.43. The highest BCUT2D eigenvalue weighted by molar-refractivity contribution is 5.78. The molecule has 3 heteroatoms. The predicted molar refractivity (Wildman–Crippen MR) is 75.4 cm³/mol. The fourth-order valence-corrected chi connectivity index (χ4v) is 2.43. The number of nitriles is 1. The zero-order chi connectivity index (χ0) is 13.1. The van der Waals surface area contributed by atoms with Crippen LogP contribution >= 0.6 is 0 Å². The van der Waals surface area contributed by atoms with Crippen molar-refractivity contribution in [3.63, 3.8) is 0 Å². The van der Waals surface area contributed by atoms with E-state index >= 15 is 0 Å². The Labute approximate surface area is 113 Å². The van der Waals surface area contributed by atoms with E-state index in [1.54, 1.807) is 0 Å². The number of para-hydroxylation sites is 1. The van der Waals surface area contributed by atoms with E-state index in [-0.39, 0.29) is 0 Å². The van der Waals surface area contributed by atoms with Crippen LogP contribution in [0.25, 0.3) is 10.9 Å². The van der Waals surface area contributed by atoms with E-state index in [0.29, 0.717) is 12.5 Å². The summed E-state index contributed by atoms with van der Waals surface area (Å²) in [7, 11) is 0. The van der Waals surface area contributed by atoms with Gasteiger partial charge in [-0.15, -0.1) is 0 Å². The van der Waals surface area contributed by atoms with Crippen LogP contribution in [0.1, 0.15) is 25.0 Å². The van der Waals surface area contributed by atoms with E-state index in [1.165, 1.54) is 18.2 Å². The van der Waals surface area contributed by atoms with Gasteiger partial charge in [0.25, 0.3) is 0 Å². The van der Waals surface area contributed by atoms with Crippen molar-refractivity contribution in [2.24, 2.45) is 0 Å². The molecule has 0 radical (unpaired) electrons. The van der Waals surface area contributed by atoms with Crippen LogP contribution in [0.2, 0.25) is 0 Å². The highest BCUT2D eigenvalue weighted by atomic mass is 15.2. The molecule has 0 bridgehead atoms. The molecule has 0 spiro atoms. The van der Waals surface area contributed by atoms with Crippen molar-refractivity contribution in [1.82, 2.24) is 9.88 Å². The van der Waals surface area contributed by atoms with Crippen molar-refractivity contribution >= 4 is 10.9 Å². The van der Waals surface area contributed by atoms with Gasteiger partial charge in [-0.1, -0.05) is 24.3 Å². The number of benzene rings is 1. The van der Waals surface area contributed by atoms with Crippen LogP contribution < -0.4 is 0 Å². The monoisotopic (exact) mass is 251 g/mol. The van der Waals surface area contributed by atoms with E-state index in [1.807, 2.05) is 12.1 Å². The first-order chi connectivity index (χ1) is 9.36. The number of pyridine rings is 1. The molecule has 3 rings (SSSR count). The number of nitrogens with zero attached hydrogens (tertiary/aromatic N) is 3. The second kappa shape index (κ2) is 5.38. The highest BCUT2D eigenvalue weighted by Gasteiger charge is 2.28. The van der Waals surface area contributed by atoms with Gasteiger partial charge in [-0.2, -0.15) is 5.26 Å². The summed E-state index contributed by atoms with van der Waals surface area (Å²) in [6, 6.07) is 15.3. The Morgan fingerprint density at radius 3 is 2.84 bits per heavy atom. The lowest BCUT2D eigenvalue weighted by Crippen LogP contribution is -2.26. The molecular formula is C16H17N3. The van der Waals surface area contributed by atoms with Crippen LogP contribution in [0.15, 0.2) is 36.4 Å². The van der Waals surface area contributed by atoms with Gasteiger partial charge in [-0.3, -0.25) is 9.88 Å². The van der Waals surface area contributed by atoms with Crippen LogP contribution in [0.4, 0.5) is 0 Å². The third-order valence-electron chi connectivity index (χ3n) is 3.60. The van der Waals surface area contributed by atoms with Crippen molar-refractivity contribution in [3.8, 4) is 6.07 Å². The van der Waals surface area contributed by atoms with Gasteiger partial charge in [-0.25, -0.2) is 0 Å². The number of fused-ring (bicyclic) bond motifs is 1. The van der Waals surface area contributed by atoms with Gasteiger partial charge in [0, 0.05) is 30.9 Å². The molecule has 96 valence electrons. The minimum Gasteiger partial charge on any atom is -0.294 e. The normalized spacial score (nSPS) is 14.7. The predicted octanol–water partition coefficient (Wildman–Crippen LogP) is 3.11. The van der Waals surface area contributed by atoms with E-state index < -0.39 is 0 Å². The van der Waals surface area contributed by atoms with Crippen LogP contribution in [0.5, 0.6) is 0 Å². The summed E-state index contributed by atoms with van der Waals surface area (Å²) in [6.07, 6.45) is 3.13. The van der Waals surface area contributed by atoms with Gasteiger partial charge in [0.15, 0.2) is 0 Å². The van der Waals surface area contributed by atoms with Crippen LogP contribution in [0.3, 0.4) is 0 Å². The van der Waals surface area contributed by atoms with Crippen LogP contribution in [0, 0.1) is 11.3 Å². The van der Waals surface area contributed by atoms with E-state index in [4.69, 9.17) is 10.2 Å². The Hall–Kier alpha value is -1.92. The van der Waals surface area contributed by atoms with Gasteiger partial charge in [0.05, 0.1) is 17.3 Å². The van der Waals surface area contributed by atoms with Crippen molar-refractivity contribution in [3.05, 3.63) is 42.1 Å². The quantitative estimate of drug-likeness (QED) is 0.819. The molecule has 1 aliphatic rings. The van der Waals surface area contributed by atoms with Gasteiger partial charge in [0.1, 0.15) is 0 Å². The number of hydrogen-bond donors (Lipinski definition) is 0. The average Bonchev–Trinajstić information content (AvgIpc) is 3.28. The Morgan fingerprint density at radius 1 is 1.21 bits per heavy atom. The summed E-state index contributed by atoms with van der Waals surface area (Å²) in [4.78, 5) is 7.10. The molecule has 0 atom stereocenters. The van der Waals surface area contributed by atoms with Crippen LogP contribution in [-0.2, 0) is 6.54 Å².